The third-order valence-corrected chi connectivity index (χ3v) is 5.35. The highest BCUT2D eigenvalue weighted by atomic mass is 15.0. The van der Waals surface area contributed by atoms with Crippen LogP contribution in [0.15, 0.2) is 24.3 Å². The number of benzene rings is 2. The summed E-state index contributed by atoms with van der Waals surface area (Å²) in [6.07, 6.45) is 0. The molecule has 0 saturated carbocycles. The number of hydrogen-bond acceptors (Lipinski definition) is 3. The maximum Gasteiger partial charge on any atom is 0.0373 e. The standard InChI is InChI=1S/C22H33N3/c1-15-7-9-21(19(5)17(15)3)24-13-11-23-12-14-25-22-10-8-16(2)18(4)20(22)6/h7-10,23-25H,11-14H2,1-6H3. The molecular weight excluding hydrogens is 306 g/mol. The van der Waals surface area contributed by atoms with Crippen molar-refractivity contribution in [1.29, 1.82) is 0 Å². The second-order valence-electron chi connectivity index (χ2n) is 6.96. The van der Waals surface area contributed by atoms with Crippen molar-refractivity contribution in [1.82, 2.24) is 5.32 Å². The van der Waals surface area contributed by atoms with Crippen LogP contribution >= 0.6 is 0 Å². The van der Waals surface area contributed by atoms with Gasteiger partial charge in [0.2, 0.25) is 0 Å². The molecule has 0 bridgehead atoms. The minimum absolute atomic E-state index is 0.937. The normalized spacial score (nSPS) is 10.8. The van der Waals surface area contributed by atoms with E-state index >= 15 is 0 Å². The minimum Gasteiger partial charge on any atom is -0.384 e. The zero-order valence-electron chi connectivity index (χ0n) is 16.6. The van der Waals surface area contributed by atoms with Crippen molar-refractivity contribution in [2.75, 3.05) is 36.8 Å². The van der Waals surface area contributed by atoms with Gasteiger partial charge in [0, 0.05) is 37.6 Å². The zero-order valence-corrected chi connectivity index (χ0v) is 16.6. The molecule has 25 heavy (non-hydrogen) atoms. The Bertz CT molecular complexity index is 658. The summed E-state index contributed by atoms with van der Waals surface area (Å²) in [5, 5.41) is 10.6. The smallest absolute Gasteiger partial charge is 0.0373 e. The summed E-state index contributed by atoms with van der Waals surface area (Å²) in [4.78, 5) is 0. The van der Waals surface area contributed by atoms with Gasteiger partial charge in [-0.1, -0.05) is 12.1 Å². The van der Waals surface area contributed by atoms with Gasteiger partial charge in [0.25, 0.3) is 0 Å². The summed E-state index contributed by atoms with van der Waals surface area (Å²) in [6.45, 7) is 16.9. The molecule has 2 rings (SSSR count). The van der Waals surface area contributed by atoms with Gasteiger partial charge >= 0.3 is 0 Å². The molecule has 0 aromatic heterocycles. The molecular formula is C22H33N3. The summed E-state index contributed by atoms with van der Waals surface area (Å²) in [7, 11) is 0. The van der Waals surface area contributed by atoms with Gasteiger partial charge in [-0.25, -0.2) is 0 Å². The Kier molecular flexibility index (Phi) is 6.89. The number of hydrogen-bond donors (Lipinski definition) is 3. The third kappa shape index (κ3) is 4.99. The van der Waals surface area contributed by atoms with Crippen LogP contribution in [0.1, 0.15) is 33.4 Å². The molecule has 0 saturated heterocycles. The molecule has 0 spiro atoms. The van der Waals surface area contributed by atoms with Crippen LogP contribution in [0.3, 0.4) is 0 Å². The maximum absolute atomic E-state index is 3.53. The van der Waals surface area contributed by atoms with E-state index in [2.05, 4.69) is 81.8 Å². The quantitative estimate of drug-likeness (QED) is 0.613. The van der Waals surface area contributed by atoms with E-state index in [4.69, 9.17) is 0 Å². The van der Waals surface area contributed by atoms with E-state index in [-0.39, 0.29) is 0 Å². The molecule has 0 aliphatic heterocycles. The fourth-order valence-electron chi connectivity index (χ4n) is 2.99. The molecule has 0 amide bonds. The highest BCUT2D eigenvalue weighted by Crippen LogP contribution is 2.22. The Morgan fingerprint density at radius 3 is 1.32 bits per heavy atom. The van der Waals surface area contributed by atoms with E-state index in [9.17, 15) is 0 Å². The van der Waals surface area contributed by atoms with Crippen LogP contribution in [0.25, 0.3) is 0 Å². The first-order valence-electron chi connectivity index (χ1n) is 9.24. The van der Waals surface area contributed by atoms with Crippen LogP contribution in [0.4, 0.5) is 11.4 Å². The molecule has 2 aromatic rings. The minimum atomic E-state index is 0.937. The van der Waals surface area contributed by atoms with E-state index in [1.165, 1.54) is 44.8 Å². The molecule has 2 aromatic carbocycles. The lowest BCUT2D eigenvalue weighted by atomic mass is 10.0. The first-order chi connectivity index (χ1) is 11.9. The molecule has 0 fully saturated rings. The van der Waals surface area contributed by atoms with Gasteiger partial charge in [0.1, 0.15) is 0 Å². The second kappa shape index (κ2) is 8.91. The first kappa shape index (κ1) is 19.3. The number of nitrogens with one attached hydrogen (secondary N) is 3. The van der Waals surface area contributed by atoms with Crippen LogP contribution in [0, 0.1) is 41.5 Å². The second-order valence-corrected chi connectivity index (χ2v) is 6.96. The van der Waals surface area contributed by atoms with Crippen molar-refractivity contribution in [3.05, 3.63) is 57.6 Å². The lowest BCUT2D eigenvalue weighted by Crippen LogP contribution is -2.27. The van der Waals surface area contributed by atoms with Gasteiger partial charge < -0.3 is 16.0 Å². The lowest BCUT2D eigenvalue weighted by Gasteiger charge is -2.15. The van der Waals surface area contributed by atoms with Crippen molar-refractivity contribution in [2.45, 2.75) is 41.5 Å². The molecule has 3 heteroatoms. The average molecular weight is 340 g/mol. The molecule has 0 unspecified atom stereocenters. The van der Waals surface area contributed by atoms with E-state index in [1.807, 2.05) is 0 Å². The molecule has 0 atom stereocenters. The van der Waals surface area contributed by atoms with Gasteiger partial charge in [-0.05, 0) is 87.1 Å². The molecule has 3 nitrogen and oxygen atoms in total. The van der Waals surface area contributed by atoms with E-state index in [0.717, 1.165) is 26.2 Å². The highest BCUT2D eigenvalue weighted by Gasteiger charge is 2.04. The monoisotopic (exact) mass is 339 g/mol. The van der Waals surface area contributed by atoms with Gasteiger partial charge in [-0.15, -0.1) is 0 Å². The summed E-state index contributed by atoms with van der Waals surface area (Å²) >= 11 is 0. The molecule has 136 valence electrons. The van der Waals surface area contributed by atoms with Crippen LogP contribution in [-0.2, 0) is 0 Å². The number of aryl methyl sites for hydroxylation is 2. The first-order valence-corrected chi connectivity index (χ1v) is 9.24. The zero-order chi connectivity index (χ0) is 18.4. The average Bonchev–Trinajstić information content (AvgIpc) is 2.60. The maximum atomic E-state index is 3.53. The Hall–Kier alpha value is -2.00. The van der Waals surface area contributed by atoms with Crippen molar-refractivity contribution in [3.63, 3.8) is 0 Å². The highest BCUT2D eigenvalue weighted by molar-refractivity contribution is 5.56. The van der Waals surface area contributed by atoms with Gasteiger partial charge in [0.15, 0.2) is 0 Å². The summed E-state index contributed by atoms with van der Waals surface area (Å²) in [6, 6.07) is 8.74. The van der Waals surface area contributed by atoms with Gasteiger partial charge in [0.05, 0.1) is 0 Å². The largest absolute Gasteiger partial charge is 0.384 e. The van der Waals surface area contributed by atoms with E-state index in [1.54, 1.807) is 0 Å². The van der Waals surface area contributed by atoms with Crippen molar-refractivity contribution < 1.29 is 0 Å². The molecule has 0 radical (unpaired) electrons. The summed E-state index contributed by atoms with van der Waals surface area (Å²) < 4.78 is 0. The van der Waals surface area contributed by atoms with Crippen LogP contribution in [0.2, 0.25) is 0 Å². The fraction of sp³-hybridized carbons (Fsp3) is 0.455. The molecule has 0 heterocycles. The summed E-state index contributed by atoms with van der Waals surface area (Å²) in [5.41, 5.74) is 10.7. The molecule has 0 aliphatic carbocycles. The molecule has 0 aliphatic rings. The predicted molar refractivity (Wildman–Crippen MR) is 111 cm³/mol. The van der Waals surface area contributed by atoms with E-state index in [0.29, 0.717) is 0 Å². The van der Waals surface area contributed by atoms with E-state index < -0.39 is 0 Å². The Balaban J connectivity index is 1.68. The van der Waals surface area contributed by atoms with Crippen molar-refractivity contribution in [3.8, 4) is 0 Å². The summed E-state index contributed by atoms with van der Waals surface area (Å²) in [5.74, 6) is 0. The fourth-order valence-corrected chi connectivity index (χ4v) is 2.99. The van der Waals surface area contributed by atoms with Gasteiger partial charge in [-0.2, -0.15) is 0 Å². The predicted octanol–water partition coefficient (Wildman–Crippen LogP) is 4.65. The van der Waals surface area contributed by atoms with Crippen molar-refractivity contribution in [2.24, 2.45) is 0 Å². The SMILES string of the molecule is Cc1ccc(NCCNCCNc2ccc(C)c(C)c2C)c(C)c1C. The number of rotatable bonds is 8. The Labute approximate surface area is 153 Å². The Morgan fingerprint density at radius 1 is 0.520 bits per heavy atom. The lowest BCUT2D eigenvalue weighted by molar-refractivity contribution is 0.718. The van der Waals surface area contributed by atoms with Gasteiger partial charge in [-0.3, -0.25) is 0 Å². The van der Waals surface area contributed by atoms with Crippen molar-refractivity contribution >= 4 is 11.4 Å². The van der Waals surface area contributed by atoms with Crippen LogP contribution in [-0.4, -0.2) is 26.2 Å². The molecule has 3 N–H and O–H groups in total. The van der Waals surface area contributed by atoms with Crippen LogP contribution in [0.5, 0.6) is 0 Å². The topological polar surface area (TPSA) is 36.1 Å². The number of anilines is 2. The van der Waals surface area contributed by atoms with Crippen LogP contribution < -0.4 is 16.0 Å². The Morgan fingerprint density at radius 2 is 0.920 bits per heavy atom. The third-order valence-electron chi connectivity index (χ3n) is 5.35.